The molecule has 0 spiro atoms. The van der Waals surface area contributed by atoms with Crippen LogP contribution in [0.5, 0.6) is 0 Å². The lowest BCUT2D eigenvalue weighted by molar-refractivity contribution is 0.242. The summed E-state index contributed by atoms with van der Waals surface area (Å²) >= 11 is 0. The van der Waals surface area contributed by atoms with Gasteiger partial charge >= 0.3 is 0 Å². The van der Waals surface area contributed by atoms with Gasteiger partial charge < -0.3 is 5.32 Å². The summed E-state index contributed by atoms with van der Waals surface area (Å²) in [5, 5.41) is 3.58. The molecule has 1 aromatic rings. The molecule has 0 heterocycles. The van der Waals surface area contributed by atoms with Gasteiger partial charge in [-0.3, -0.25) is 0 Å². The maximum atomic E-state index is 13.6. The van der Waals surface area contributed by atoms with Gasteiger partial charge in [0.05, 0.1) is 0 Å². The summed E-state index contributed by atoms with van der Waals surface area (Å²) in [6.45, 7) is 7.35. The number of benzene rings is 1. The summed E-state index contributed by atoms with van der Waals surface area (Å²) in [5.74, 6) is 1.51. The highest BCUT2D eigenvalue weighted by atomic mass is 19.1. The first-order valence-electron chi connectivity index (χ1n) is 7.57. The molecule has 19 heavy (non-hydrogen) atoms. The van der Waals surface area contributed by atoms with Gasteiger partial charge in [-0.25, -0.2) is 4.39 Å². The van der Waals surface area contributed by atoms with Crippen LogP contribution in [-0.4, -0.2) is 6.54 Å². The summed E-state index contributed by atoms with van der Waals surface area (Å²) in [4.78, 5) is 0. The van der Waals surface area contributed by atoms with Crippen molar-refractivity contribution < 1.29 is 4.39 Å². The van der Waals surface area contributed by atoms with Crippen molar-refractivity contribution in [3.8, 4) is 0 Å². The van der Waals surface area contributed by atoms with E-state index in [0.717, 1.165) is 29.5 Å². The van der Waals surface area contributed by atoms with E-state index in [1.165, 1.54) is 25.7 Å². The standard InChI is InChI=1S/C17H26FN/c1-12-6-4-5-7-16(12)11-19-14(3)15-9-8-13(2)17(18)10-15/h8-10,12,14,16,19H,4-7,11H2,1-3H3. The van der Waals surface area contributed by atoms with E-state index in [2.05, 4.69) is 19.2 Å². The number of halogens is 1. The van der Waals surface area contributed by atoms with Crippen LogP contribution in [0.3, 0.4) is 0 Å². The summed E-state index contributed by atoms with van der Waals surface area (Å²) < 4.78 is 13.6. The van der Waals surface area contributed by atoms with Crippen LogP contribution in [-0.2, 0) is 0 Å². The van der Waals surface area contributed by atoms with Crippen LogP contribution in [0.1, 0.15) is 56.7 Å². The number of nitrogens with one attached hydrogen (secondary N) is 1. The van der Waals surface area contributed by atoms with Gasteiger partial charge in [-0.1, -0.05) is 38.3 Å². The fourth-order valence-electron chi connectivity index (χ4n) is 3.02. The molecular formula is C17H26FN. The highest BCUT2D eigenvalue weighted by Crippen LogP contribution is 2.29. The second-order valence-corrected chi connectivity index (χ2v) is 6.16. The monoisotopic (exact) mass is 263 g/mol. The number of rotatable bonds is 4. The molecule has 2 rings (SSSR count). The van der Waals surface area contributed by atoms with Crippen molar-refractivity contribution in [2.45, 2.75) is 52.5 Å². The van der Waals surface area contributed by atoms with Crippen molar-refractivity contribution in [1.82, 2.24) is 5.32 Å². The summed E-state index contributed by atoms with van der Waals surface area (Å²) in [7, 11) is 0. The summed E-state index contributed by atoms with van der Waals surface area (Å²) in [6, 6.07) is 5.79. The molecule has 0 aromatic heterocycles. The molecule has 2 heteroatoms. The zero-order valence-electron chi connectivity index (χ0n) is 12.4. The molecule has 3 atom stereocenters. The first-order valence-corrected chi connectivity index (χ1v) is 7.57. The molecule has 0 radical (unpaired) electrons. The van der Waals surface area contributed by atoms with E-state index < -0.39 is 0 Å². The molecule has 1 N–H and O–H groups in total. The Bertz CT molecular complexity index is 416. The van der Waals surface area contributed by atoms with Gasteiger partial charge in [0.25, 0.3) is 0 Å². The van der Waals surface area contributed by atoms with Crippen LogP contribution in [0.4, 0.5) is 4.39 Å². The lowest BCUT2D eigenvalue weighted by Gasteiger charge is -2.30. The van der Waals surface area contributed by atoms with Crippen LogP contribution in [0.15, 0.2) is 18.2 Å². The second kappa shape index (κ2) is 6.51. The molecule has 1 fully saturated rings. The van der Waals surface area contributed by atoms with Gasteiger partial charge in [0, 0.05) is 6.04 Å². The van der Waals surface area contributed by atoms with Crippen LogP contribution in [0.25, 0.3) is 0 Å². The average molecular weight is 263 g/mol. The Morgan fingerprint density at radius 3 is 2.74 bits per heavy atom. The van der Waals surface area contributed by atoms with Gasteiger partial charge in [0.1, 0.15) is 5.82 Å². The molecule has 0 saturated heterocycles. The van der Waals surface area contributed by atoms with Gasteiger partial charge in [-0.05, 0) is 55.8 Å². The Balaban J connectivity index is 1.89. The van der Waals surface area contributed by atoms with Gasteiger partial charge in [0.15, 0.2) is 0 Å². The number of aryl methyl sites for hydroxylation is 1. The minimum atomic E-state index is -0.0998. The Kier molecular flexibility index (Phi) is 4.98. The minimum Gasteiger partial charge on any atom is -0.310 e. The van der Waals surface area contributed by atoms with Gasteiger partial charge in [0.2, 0.25) is 0 Å². The third-order valence-corrected chi connectivity index (χ3v) is 4.67. The molecule has 1 aromatic carbocycles. The SMILES string of the molecule is Cc1ccc(C(C)NCC2CCCCC2C)cc1F. The molecule has 1 aliphatic carbocycles. The maximum absolute atomic E-state index is 13.6. The van der Waals surface area contributed by atoms with E-state index in [9.17, 15) is 4.39 Å². The molecule has 3 unspecified atom stereocenters. The highest BCUT2D eigenvalue weighted by Gasteiger charge is 2.21. The molecule has 106 valence electrons. The Morgan fingerprint density at radius 2 is 2.05 bits per heavy atom. The van der Waals surface area contributed by atoms with E-state index >= 15 is 0 Å². The Morgan fingerprint density at radius 1 is 1.32 bits per heavy atom. The first kappa shape index (κ1) is 14.5. The van der Waals surface area contributed by atoms with Crippen LogP contribution in [0, 0.1) is 24.6 Å². The van der Waals surface area contributed by atoms with Crippen molar-refractivity contribution in [3.63, 3.8) is 0 Å². The van der Waals surface area contributed by atoms with Crippen LogP contribution < -0.4 is 5.32 Å². The molecule has 0 amide bonds. The predicted octanol–water partition coefficient (Wildman–Crippen LogP) is 4.61. The summed E-state index contributed by atoms with van der Waals surface area (Å²) in [5.41, 5.74) is 1.77. The molecular weight excluding hydrogens is 237 g/mol. The van der Waals surface area contributed by atoms with Crippen molar-refractivity contribution in [2.75, 3.05) is 6.54 Å². The highest BCUT2D eigenvalue weighted by molar-refractivity contribution is 5.25. The topological polar surface area (TPSA) is 12.0 Å². The van der Waals surface area contributed by atoms with E-state index in [0.29, 0.717) is 0 Å². The average Bonchev–Trinajstić information content (AvgIpc) is 2.40. The zero-order valence-corrected chi connectivity index (χ0v) is 12.4. The Labute approximate surface area is 116 Å². The van der Waals surface area contributed by atoms with Crippen molar-refractivity contribution in [1.29, 1.82) is 0 Å². The van der Waals surface area contributed by atoms with Crippen molar-refractivity contribution in [3.05, 3.63) is 35.1 Å². The normalized spacial score (nSPS) is 25.3. The Hall–Kier alpha value is -0.890. The van der Waals surface area contributed by atoms with E-state index in [-0.39, 0.29) is 11.9 Å². The molecule has 1 saturated carbocycles. The molecule has 0 bridgehead atoms. The van der Waals surface area contributed by atoms with Crippen LogP contribution in [0.2, 0.25) is 0 Å². The molecule has 0 aliphatic heterocycles. The quantitative estimate of drug-likeness (QED) is 0.836. The maximum Gasteiger partial charge on any atom is 0.126 e. The number of hydrogen-bond acceptors (Lipinski definition) is 1. The third kappa shape index (κ3) is 3.79. The lowest BCUT2D eigenvalue weighted by Crippen LogP contribution is -2.31. The molecule has 1 aliphatic rings. The molecule has 1 nitrogen and oxygen atoms in total. The first-order chi connectivity index (χ1) is 9.08. The van der Waals surface area contributed by atoms with Gasteiger partial charge in [-0.15, -0.1) is 0 Å². The van der Waals surface area contributed by atoms with E-state index in [1.54, 1.807) is 13.0 Å². The minimum absolute atomic E-state index is 0.0998. The fraction of sp³-hybridized carbons (Fsp3) is 0.647. The van der Waals surface area contributed by atoms with Crippen LogP contribution >= 0.6 is 0 Å². The summed E-state index contributed by atoms with van der Waals surface area (Å²) in [6.07, 6.45) is 5.45. The lowest BCUT2D eigenvalue weighted by atomic mass is 9.80. The zero-order chi connectivity index (χ0) is 13.8. The smallest absolute Gasteiger partial charge is 0.126 e. The van der Waals surface area contributed by atoms with E-state index in [4.69, 9.17) is 0 Å². The van der Waals surface area contributed by atoms with Crippen molar-refractivity contribution >= 4 is 0 Å². The van der Waals surface area contributed by atoms with E-state index in [1.807, 2.05) is 12.1 Å². The number of hydrogen-bond donors (Lipinski definition) is 1. The third-order valence-electron chi connectivity index (χ3n) is 4.67. The fourth-order valence-corrected chi connectivity index (χ4v) is 3.02. The van der Waals surface area contributed by atoms with Crippen molar-refractivity contribution in [2.24, 2.45) is 11.8 Å². The predicted molar refractivity (Wildman–Crippen MR) is 78.7 cm³/mol. The van der Waals surface area contributed by atoms with Gasteiger partial charge in [-0.2, -0.15) is 0 Å². The second-order valence-electron chi connectivity index (χ2n) is 6.16. The largest absolute Gasteiger partial charge is 0.310 e.